The standard InChI is InChI=1S/C12H26N2S/c1-10(2)12(13)4-6-14(3)8-11-5-7-15-9-11/h10-12H,4-9,13H2,1-3H3. The van der Waals surface area contributed by atoms with Gasteiger partial charge in [0.15, 0.2) is 0 Å². The van der Waals surface area contributed by atoms with Crippen molar-refractivity contribution in [2.45, 2.75) is 32.7 Å². The van der Waals surface area contributed by atoms with E-state index in [4.69, 9.17) is 5.73 Å². The van der Waals surface area contributed by atoms with Gasteiger partial charge < -0.3 is 10.6 Å². The van der Waals surface area contributed by atoms with Gasteiger partial charge in [0.1, 0.15) is 0 Å². The van der Waals surface area contributed by atoms with Crippen LogP contribution in [0.15, 0.2) is 0 Å². The minimum atomic E-state index is 0.366. The van der Waals surface area contributed by atoms with Crippen LogP contribution in [0, 0.1) is 11.8 Å². The first-order valence-electron chi connectivity index (χ1n) is 6.11. The summed E-state index contributed by atoms with van der Waals surface area (Å²) in [6, 6.07) is 0.366. The van der Waals surface area contributed by atoms with Crippen molar-refractivity contribution >= 4 is 11.8 Å². The molecule has 1 heterocycles. The van der Waals surface area contributed by atoms with Crippen molar-refractivity contribution in [2.24, 2.45) is 17.6 Å². The molecule has 0 aromatic rings. The van der Waals surface area contributed by atoms with Gasteiger partial charge in [-0.15, -0.1) is 0 Å². The molecule has 2 unspecified atom stereocenters. The highest BCUT2D eigenvalue weighted by atomic mass is 32.2. The van der Waals surface area contributed by atoms with E-state index >= 15 is 0 Å². The van der Waals surface area contributed by atoms with Gasteiger partial charge >= 0.3 is 0 Å². The third kappa shape index (κ3) is 5.23. The van der Waals surface area contributed by atoms with Gasteiger partial charge in [-0.3, -0.25) is 0 Å². The maximum absolute atomic E-state index is 6.04. The van der Waals surface area contributed by atoms with E-state index in [-0.39, 0.29) is 0 Å². The van der Waals surface area contributed by atoms with Gasteiger partial charge in [-0.25, -0.2) is 0 Å². The molecule has 90 valence electrons. The molecule has 0 aliphatic carbocycles. The number of nitrogens with two attached hydrogens (primary N) is 1. The highest BCUT2D eigenvalue weighted by Crippen LogP contribution is 2.23. The normalized spacial score (nSPS) is 24.0. The second-order valence-electron chi connectivity index (χ2n) is 5.19. The summed E-state index contributed by atoms with van der Waals surface area (Å²) in [6.45, 7) is 6.83. The monoisotopic (exact) mass is 230 g/mol. The molecule has 1 rings (SSSR count). The second kappa shape index (κ2) is 6.77. The molecule has 2 atom stereocenters. The summed E-state index contributed by atoms with van der Waals surface area (Å²) in [5.74, 6) is 4.26. The Balaban J connectivity index is 2.09. The minimum Gasteiger partial charge on any atom is -0.327 e. The third-order valence-electron chi connectivity index (χ3n) is 3.29. The van der Waals surface area contributed by atoms with Gasteiger partial charge in [0.2, 0.25) is 0 Å². The van der Waals surface area contributed by atoms with Crippen molar-refractivity contribution < 1.29 is 0 Å². The fourth-order valence-electron chi connectivity index (χ4n) is 1.96. The Morgan fingerprint density at radius 3 is 2.73 bits per heavy atom. The molecule has 0 saturated carbocycles. The molecule has 1 aliphatic rings. The predicted molar refractivity (Wildman–Crippen MR) is 70.4 cm³/mol. The van der Waals surface area contributed by atoms with Crippen molar-refractivity contribution in [3.05, 3.63) is 0 Å². The first-order chi connectivity index (χ1) is 7.09. The Morgan fingerprint density at radius 2 is 2.20 bits per heavy atom. The Kier molecular flexibility index (Phi) is 6.02. The smallest absolute Gasteiger partial charge is 0.00740 e. The van der Waals surface area contributed by atoms with Crippen LogP contribution >= 0.6 is 11.8 Å². The summed E-state index contributed by atoms with van der Waals surface area (Å²) in [7, 11) is 2.23. The molecule has 3 heteroatoms. The number of nitrogens with zero attached hydrogens (tertiary/aromatic N) is 1. The highest BCUT2D eigenvalue weighted by Gasteiger charge is 2.17. The number of hydrogen-bond donors (Lipinski definition) is 1. The number of thioether (sulfide) groups is 1. The molecule has 0 aromatic carbocycles. The zero-order valence-corrected chi connectivity index (χ0v) is 11.2. The largest absolute Gasteiger partial charge is 0.327 e. The predicted octanol–water partition coefficient (Wildman–Crippen LogP) is 2.04. The van der Waals surface area contributed by atoms with Crippen molar-refractivity contribution in [3.8, 4) is 0 Å². The minimum absolute atomic E-state index is 0.366. The lowest BCUT2D eigenvalue weighted by molar-refractivity contribution is 0.269. The summed E-state index contributed by atoms with van der Waals surface area (Å²) in [5.41, 5.74) is 6.04. The summed E-state index contributed by atoms with van der Waals surface area (Å²) >= 11 is 2.10. The van der Waals surface area contributed by atoms with Crippen molar-refractivity contribution in [1.82, 2.24) is 4.90 Å². The molecule has 0 aromatic heterocycles. The fraction of sp³-hybridized carbons (Fsp3) is 1.00. The van der Waals surface area contributed by atoms with Crippen LogP contribution in [-0.2, 0) is 0 Å². The summed E-state index contributed by atoms with van der Waals surface area (Å²) in [6.07, 6.45) is 2.54. The van der Waals surface area contributed by atoms with Crippen molar-refractivity contribution in [3.63, 3.8) is 0 Å². The van der Waals surface area contributed by atoms with E-state index in [2.05, 4.69) is 37.6 Å². The van der Waals surface area contributed by atoms with E-state index in [0.29, 0.717) is 12.0 Å². The lowest BCUT2D eigenvalue weighted by atomic mass is 10.0. The molecule has 0 spiro atoms. The van der Waals surface area contributed by atoms with E-state index in [1.165, 1.54) is 24.5 Å². The average molecular weight is 230 g/mol. The molecule has 0 amide bonds. The second-order valence-corrected chi connectivity index (χ2v) is 6.34. The first kappa shape index (κ1) is 13.3. The van der Waals surface area contributed by atoms with Gasteiger partial charge in [0.05, 0.1) is 0 Å². The maximum atomic E-state index is 6.04. The van der Waals surface area contributed by atoms with E-state index < -0.39 is 0 Å². The molecule has 0 radical (unpaired) electrons. The van der Waals surface area contributed by atoms with Gasteiger partial charge in [-0.05, 0) is 49.8 Å². The Morgan fingerprint density at radius 1 is 1.47 bits per heavy atom. The van der Waals surface area contributed by atoms with Crippen LogP contribution in [0.4, 0.5) is 0 Å². The molecule has 2 nitrogen and oxygen atoms in total. The van der Waals surface area contributed by atoms with Crippen LogP contribution in [-0.4, -0.2) is 42.6 Å². The number of hydrogen-bond acceptors (Lipinski definition) is 3. The van der Waals surface area contributed by atoms with Crippen LogP contribution in [0.3, 0.4) is 0 Å². The van der Waals surface area contributed by atoms with Crippen LogP contribution < -0.4 is 5.73 Å². The lowest BCUT2D eigenvalue weighted by Crippen LogP contribution is -2.33. The van der Waals surface area contributed by atoms with E-state index in [1.807, 2.05) is 0 Å². The summed E-state index contributed by atoms with van der Waals surface area (Å²) in [5, 5.41) is 0. The Bertz CT molecular complexity index is 167. The van der Waals surface area contributed by atoms with Gasteiger partial charge in [-0.1, -0.05) is 13.8 Å². The van der Waals surface area contributed by atoms with Gasteiger partial charge in [0.25, 0.3) is 0 Å². The summed E-state index contributed by atoms with van der Waals surface area (Å²) in [4.78, 5) is 2.46. The van der Waals surface area contributed by atoms with Crippen LogP contribution in [0.1, 0.15) is 26.7 Å². The van der Waals surface area contributed by atoms with Crippen LogP contribution in [0.5, 0.6) is 0 Å². The molecule has 2 N–H and O–H groups in total. The Hall–Kier alpha value is 0.270. The molecular formula is C12H26N2S. The molecule has 0 bridgehead atoms. The first-order valence-corrected chi connectivity index (χ1v) is 7.27. The maximum Gasteiger partial charge on any atom is 0.00740 e. The van der Waals surface area contributed by atoms with E-state index in [1.54, 1.807) is 0 Å². The van der Waals surface area contributed by atoms with Gasteiger partial charge in [0, 0.05) is 12.6 Å². The Labute approximate surface area is 99.0 Å². The zero-order chi connectivity index (χ0) is 11.3. The molecule has 1 aliphatic heterocycles. The topological polar surface area (TPSA) is 29.3 Å². The SMILES string of the molecule is CC(C)C(N)CCN(C)CC1CCSC1. The average Bonchev–Trinajstić information content (AvgIpc) is 2.66. The van der Waals surface area contributed by atoms with Crippen LogP contribution in [0.25, 0.3) is 0 Å². The number of rotatable bonds is 6. The van der Waals surface area contributed by atoms with Crippen molar-refractivity contribution in [1.29, 1.82) is 0 Å². The molecule has 1 fully saturated rings. The molecule has 15 heavy (non-hydrogen) atoms. The quantitative estimate of drug-likeness (QED) is 0.757. The third-order valence-corrected chi connectivity index (χ3v) is 4.53. The van der Waals surface area contributed by atoms with Crippen molar-refractivity contribution in [2.75, 3.05) is 31.6 Å². The van der Waals surface area contributed by atoms with Gasteiger partial charge in [-0.2, -0.15) is 11.8 Å². The lowest BCUT2D eigenvalue weighted by Gasteiger charge is -2.23. The molecule has 1 saturated heterocycles. The van der Waals surface area contributed by atoms with Crippen LogP contribution in [0.2, 0.25) is 0 Å². The molecular weight excluding hydrogens is 204 g/mol. The fourth-order valence-corrected chi connectivity index (χ4v) is 3.23. The zero-order valence-electron chi connectivity index (χ0n) is 10.4. The van der Waals surface area contributed by atoms with E-state index in [0.717, 1.165) is 18.9 Å². The highest BCUT2D eigenvalue weighted by molar-refractivity contribution is 7.99. The summed E-state index contributed by atoms with van der Waals surface area (Å²) < 4.78 is 0. The van der Waals surface area contributed by atoms with E-state index in [9.17, 15) is 0 Å².